The van der Waals surface area contributed by atoms with Crippen molar-refractivity contribution in [3.63, 3.8) is 0 Å². The molecule has 0 aliphatic rings. The van der Waals surface area contributed by atoms with Crippen LogP contribution in [-0.4, -0.2) is 22.4 Å². The van der Waals surface area contributed by atoms with Crippen LogP contribution in [0.5, 0.6) is 0 Å². The van der Waals surface area contributed by atoms with Gasteiger partial charge >= 0.3 is 0 Å². The van der Waals surface area contributed by atoms with Gasteiger partial charge in [-0.15, -0.1) is 0 Å². The van der Waals surface area contributed by atoms with Crippen molar-refractivity contribution in [2.75, 3.05) is 7.11 Å². The molecule has 0 fully saturated rings. The Morgan fingerprint density at radius 2 is 2.00 bits per heavy atom. The first-order chi connectivity index (χ1) is 5.24. The number of hydrogen-bond acceptors (Lipinski definition) is 2. The van der Waals surface area contributed by atoms with E-state index in [-0.39, 0.29) is 6.29 Å². The highest BCUT2D eigenvalue weighted by Gasteiger charge is 2.11. The zero-order valence-corrected chi connectivity index (χ0v) is 9.25. The molecular weight excluding hydrogens is 156 g/mol. The number of ether oxygens (including phenoxy) is 1. The van der Waals surface area contributed by atoms with E-state index in [9.17, 15) is 0 Å². The molecule has 0 rings (SSSR count). The second-order valence-corrected chi connectivity index (χ2v) is 5.67. The van der Waals surface area contributed by atoms with Crippen LogP contribution in [0.4, 0.5) is 0 Å². The van der Waals surface area contributed by atoms with Gasteiger partial charge < -0.3 is 9.16 Å². The lowest BCUT2D eigenvalue weighted by molar-refractivity contribution is -0.0414. The van der Waals surface area contributed by atoms with E-state index in [4.69, 9.17) is 9.16 Å². The standard InChI is InChI=1S/C8H20O2Si/c1-5-7-11(6-2)10-8(3)9-4/h8,11H,5-7H2,1-4H3. The van der Waals surface area contributed by atoms with Gasteiger partial charge in [-0.3, -0.25) is 0 Å². The molecule has 0 aliphatic carbocycles. The first kappa shape index (κ1) is 11.1. The molecule has 0 aromatic carbocycles. The van der Waals surface area contributed by atoms with Crippen molar-refractivity contribution < 1.29 is 9.16 Å². The molecule has 0 bridgehead atoms. The summed E-state index contributed by atoms with van der Waals surface area (Å²) < 4.78 is 10.7. The molecule has 0 saturated heterocycles. The minimum absolute atomic E-state index is 0.00170. The zero-order chi connectivity index (χ0) is 8.69. The Morgan fingerprint density at radius 1 is 1.36 bits per heavy atom. The van der Waals surface area contributed by atoms with Crippen molar-refractivity contribution in [3.05, 3.63) is 0 Å². The van der Waals surface area contributed by atoms with Gasteiger partial charge in [-0.1, -0.05) is 20.3 Å². The van der Waals surface area contributed by atoms with E-state index in [1.54, 1.807) is 7.11 Å². The molecule has 0 aromatic heterocycles. The van der Waals surface area contributed by atoms with E-state index in [0.29, 0.717) is 0 Å². The van der Waals surface area contributed by atoms with Gasteiger partial charge in [0.15, 0.2) is 9.04 Å². The maximum absolute atomic E-state index is 5.71. The summed E-state index contributed by atoms with van der Waals surface area (Å²) in [4.78, 5) is 0. The van der Waals surface area contributed by atoms with Crippen LogP contribution in [0.1, 0.15) is 27.2 Å². The summed E-state index contributed by atoms with van der Waals surface area (Å²) in [6.45, 7) is 6.37. The van der Waals surface area contributed by atoms with E-state index in [1.165, 1.54) is 18.5 Å². The maximum atomic E-state index is 5.71. The van der Waals surface area contributed by atoms with E-state index >= 15 is 0 Å². The highest BCUT2D eigenvalue weighted by molar-refractivity contribution is 6.51. The lowest BCUT2D eigenvalue weighted by Crippen LogP contribution is -2.23. The Bertz CT molecular complexity index is 88.2. The molecule has 0 aliphatic heterocycles. The van der Waals surface area contributed by atoms with Crippen LogP contribution in [0.25, 0.3) is 0 Å². The Balaban J connectivity index is 3.49. The average Bonchev–Trinajstić information content (AvgIpc) is 2.03. The van der Waals surface area contributed by atoms with Gasteiger partial charge in [0.2, 0.25) is 0 Å². The average molecular weight is 176 g/mol. The van der Waals surface area contributed by atoms with Crippen molar-refractivity contribution in [3.8, 4) is 0 Å². The number of methoxy groups -OCH3 is 1. The van der Waals surface area contributed by atoms with E-state index in [0.717, 1.165) is 0 Å². The van der Waals surface area contributed by atoms with Crippen LogP contribution in [0.15, 0.2) is 0 Å². The molecule has 0 amide bonds. The normalized spacial score (nSPS) is 16.4. The summed E-state index contributed by atoms with van der Waals surface area (Å²) in [6.07, 6.45) is 1.24. The largest absolute Gasteiger partial charge is 0.396 e. The van der Waals surface area contributed by atoms with E-state index < -0.39 is 9.04 Å². The zero-order valence-electron chi connectivity index (χ0n) is 8.09. The Morgan fingerprint density at radius 3 is 2.36 bits per heavy atom. The first-order valence-corrected chi connectivity index (χ1v) is 6.53. The Labute approximate surface area is 71.6 Å². The molecular formula is C8H20O2Si. The highest BCUT2D eigenvalue weighted by atomic mass is 28.3. The minimum Gasteiger partial charge on any atom is -0.396 e. The molecule has 2 nitrogen and oxygen atoms in total. The fraction of sp³-hybridized carbons (Fsp3) is 1.00. The van der Waals surface area contributed by atoms with Crippen molar-refractivity contribution >= 4 is 9.04 Å². The molecule has 2 unspecified atom stereocenters. The third kappa shape index (κ3) is 5.41. The van der Waals surface area contributed by atoms with Gasteiger partial charge in [0.05, 0.1) is 0 Å². The van der Waals surface area contributed by atoms with Crippen LogP contribution in [-0.2, 0) is 9.16 Å². The molecule has 2 atom stereocenters. The Hall–Kier alpha value is 0.137. The summed E-state index contributed by atoms with van der Waals surface area (Å²) in [5.74, 6) is 0. The molecule has 68 valence electrons. The lowest BCUT2D eigenvalue weighted by Gasteiger charge is -2.18. The quantitative estimate of drug-likeness (QED) is 0.456. The van der Waals surface area contributed by atoms with E-state index in [2.05, 4.69) is 13.8 Å². The molecule has 0 heterocycles. The van der Waals surface area contributed by atoms with Crippen LogP contribution < -0.4 is 0 Å². The van der Waals surface area contributed by atoms with Crippen LogP contribution in [0, 0.1) is 0 Å². The summed E-state index contributed by atoms with van der Waals surface area (Å²) in [7, 11) is 0.779. The third-order valence-corrected chi connectivity index (χ3v) is 4.68. The molecule has 0 aromatic rings. The lowest BCUT2D eigenvalue weighted by atomic mass is 10.6. The monoisotopic (exact) mass is 176 g/mol. The van der Waals surface area contributed by atoms with Gasteiger partial charge in [0, 0.05) is 7.11 Å². The molecule has 0 radical (unpaired) electrons. The summed E-state index contributed by atoms with van der Waals surface area (Å²) in [6, 6.07) is 2.48. The van der Waals surface area contributed by atoms with Crippen LogP contribution in [0.3, 0.4) is 0 Å². The molecule has 3 heteroatoms. The van der Waals surface area contributed by atoms with Crippen molar-refractivity contribution in [1.29, 1.82) is 0 Å². The minimum atomic E-state index is -0.913. The Kier molecular flexibility index (Phi) is 6.91. The second-order valence-electron chi connectivity index (χ2n) is 2.76. The predicted octanol–water partition coefficient (Wildman–Crippen LogP) is 2.15. The van der Waals surface area contributed by atoms with Gasteiger partial charge in [-0.2, -0.15) is 0 Å². The topological polar surface area (TPSA) is 18.5 Å². The molecule has 0 N–H and O–H groups in total. The fourth-order valence-electron chi connectivity index (χ4n) is 1.02. The highest BCUT2D eigenvalue weighted by Crippen LogP contribution is 2.07. The van der Waals surface area contributed by atoms with Gasteiger partial charge in [-0.25, -0.2) is 0 Å². The first-order valence-electron chi connectivity index (χ1n) is 4.42. The summed E-state index contributed by atoms with van der Waals surface area (Å²) in [5, 5.41) is 0. The summed E-state index contributed by atoms with van der Waals surface area (Å²) >= 11 is 0. The third-order valence-electron chi connectivity index (χ3n) is 1.78. The molecule has 0 saturated carbocycles. The molecule has 0 spiro atoms. The van der Waals surface area contributed by atoms with Crippen LogP contribution in [0.2, 0.25) is 12.1 Å². The fourth-order valence-corrected chi connectivity index (χ4v) is 3.05. The number of rotatable bonds is 6. The van der Waals surface area contributed by atoms with Gasteiger partial charge in [0.1, 0.15) is 6.29 Å². The maximum Gasteiger partial charge on any atom is 0.180 e. The second kappa shape index (κ2) is 6.82. The smallest absolute Gasteiger partial charge is 0.180 e. The van der Waals surface area contributed by atoms with Crippen molar-refractivity contribution in [2.45, 2.75) is 45.6 Å². The number of hydrogen-bond donors (Lipinski definition) is 0. The van der Waals surface area contributed by atoms with Crippen LogP contribution >= 0.6 is 0 Å². The van der Waals surface area contributed by atoms with Crippen molar-refractivity contribution in [1.82, 2.24) is 0 Å². The van der Waals surface area contributed by atoms with Crippen molar-refractivity contribution in [2.24, 2.45) is 0 Å². The van der Waals surface area contributed by atoms with Gasteiger partial charge in [-0.05, 0) is 19.0 Å². The molecule has 11 heavy (non-hydrogen) atoms. The predicted molar refractivity (Wildman–Crippen MR) is 50.3 cm³/mol. The van der Waals surface area contributed by atoms with Gasteiger partial charge in [0.25, 0.3) is 0 Å². The summed E-state index contributed by atoms with van der Waals surface area (Å²) in [5.41, 5.74) is 0. The van der Waals surface area contributed by atoms with E-state index in [1.807, 2.05) is 6.92 Å². The SMILES string of the molecule is CCC[SiH](CC)OC(C)OC.